The molecule has 0 radical (unpaired) electrons. The van der Waals surface area contributed by atoms with Crippen LogP contribution in [0.15, 0.2) is 42.5 Å². The van der Waals surface area contributed by atoms with Crippen molar-refractivity contribution < 1.29 is 103 Å². The molecule has 4 atom stereocenters. The number of carbonyl (C=O) groups is 3. The van der Waals surface area contributed by atoms with Crippen LogP contribution in [0.2, 0.25) is 5.02 Å². The topological polar surface area (TPSA) is 272 Å². The molecule has 442 valence electrons. The Kier molecular flexibility index (Phi) is 16.3. The van der Waals surface area contributed by atoms with Gasteiger partial charge < -0.3 is 29.5 Å². The number of esters is 1. The summed E-state index contributed by atoms with van der Waals surface area (Å²) in [4.78, 5) is 65.4. The molecule has 3 aromatic heterocycles. The smallest absolute Gasteiger partial charge is 0.436 e. The number of nitrogens with zero attached hydrogens (tertiary/aromatic N) is 7. The fourth-order valence-electron chi connectivity index (χ4n) is 9.60. The van der Waals surface area contributed by atoms with Gasteiger partial charge >= 0.3 is 32.2 Å². The number of anilines is 1. The van der Waals surface area contributed by atoms with Gasteiger partial charge in [0.2, 0.25) is 22.7 Å². The summed E-state index contributed by atoms with van der Waals surface area (Å²) in [5.74, 6) is -12.9. The zero-order valence-electron chi connectivity index (χ0n) is 42.4. The second-order valence-electron chi connectivity index (χ2n) is 19.9. The van der Waals surface area contributed by atoms with Crippen LogP contribution in [0.5, 0.6) is 0 Å². The average molecular weight is 1240 g/mol. The van der Waals surface area contributed by atoms with Gasteiger partial charge in [0.05, 0.1) is 51.9 Å². The van der Waals surface area contributed by atoms with E-state index in [4.69, 9.17) is 30.9 Å². The van der Waals surface area contributed by atoms with Crippen molar-refractivity contribution in [2.24, 2.45) is 5.92 Å². The normalized spacial score (nSPS) is 18.8. The van der Waals surface area contributed by atoms with Crippen LogP contribution in [0, 0.1) is 17.6 Å². The SMILES string of the molecule is CC(C)(CCc1ccc(-c2ccc(Cl)c3c(N(C(=O)N4CCOC[C@H]4C(=O)OCOP(=O)(O)O)S(C)(=O)=O)nn(CC(F)(F)F)c23)c([C@H](Cc2cc(F)cc(F)c2)NC(=O)Cn2nc(C(F)(F)F)c3c2C(F)(F)C2C[C@H]32)n1)S(C)(=O)=O. The first-order valence-corrected chi connectivity index (χ1v) is 29.4. The number of aryl methyl sites for hydroxylation is 1. The summed E-state index contributed by atoms with van der Waals surface area (Å²) in [6, 6.07) is 1.18. The maximum absolute atomic E-state index is 15.7. The molecule has 21 nitrogen and oxygen atoms in total. The predicted octanol–water partition coefficient (Wildman–Crippen LogP) is 7.07. The number of phosphoric ester groups is 1. The average Bonchev–Trinajstić information content (AvgIpc) is 3.96. The van der Waals surface area contributed by atoms with E-state index in [1.54, 1.807) is 0 Å². The minimum absolute atomic E-state index is 0.0100. The number of phosphoric acid groups is 1. The Hall–Kier alpha value is -5.96. The fourth-order valence-corrected chi connectivity index (χ4v) is 11.3. The molecule has 1 saturated carbocycles. The largest absolute Gasteiger partial charge is 0.472 e. The van der Waals surface area contributed by atoms with Gasteiger partial charge in [-0.05, 0) is 75.3 Å². The maximum atomic E-state index is 15.7. The van der Waals surface area contributed by atoms with E-state index in [-0.39, 0.29) is 56.4 Å². The van der Waals surface area contributed by atoms with Gasteiger partial charge in [-0.2, -0.15) is 49.6 Å². The second-order valence-corrected chi connectivity index (χ2v) is 26.0. The molecule has 35 heteroatoms. The quantitative estimate of drug-likeness (QED) is 0.0343. The van der Waals surface area contributed by atoms with Crippen molar-refractivity contribution in [2.45, 2.75) is 93.6 Å². The summed E-state index contributed by atoms with van der Waals surface area (Å²) in [5.41, 5.74) is -5.87. The molecular weight excluding hydrogens is 1190 g/mol. The minimum atomic E-state index is -5.26. The summed E-state index contributed by atoms with van der Waals surface area (Å²) in [5, 5.41) is 8.47. The van der Waals surface area contributed by atoms with Crippen LogP contribution in [0.25, 0.3) is 22.0 Å². The molecule has 8 rings (SSSR count). The number of ether oxygens (including phenoxy) is 2. The molecule has 0 spiro atoms. The van der Waals surface area contributed by atoms with Crippen molar-refractivity contribution in [3.8, 4) is 11.1 Å². The number of amides is 3. The van der Waals surface area contributed by atoms with Crippen molar-refractivity contribution in [2.75, 3.05) is 43.4 Å². The lowest BCUT2D eigenvalue weighted by Crippen LogP contribution is -2.58. The maximum Gasteiger partial charge on any atom is 0.472 e. The zero-order chi connectivity index (χ0) is 59.9. The number of benzene rings is 2. The molecule has 1 unspecified atom stereocenters. The predicted molar refractivity (Wildman–Crippen MR) is 262 cm³/mol. The number of urea groups is 1. The lowest BCUT2D eigenvalue weighted by Gasteiger charge is -2.36. The zero-order valence-corrected chi connectivity index (χ0v) is 45.6. The molecule has 2 aliphatic carbocycles. The third kappa shape index (κ3) is 13.0. The van der Waals surface area contributed by atoms with Crippen LogP contribution < -0.4 is 9.62 Å². The van der Waals surface area contributed by atoms with E-state index < -0.39 is 194 Å². The first-order valence-electron chi connectivity index (χ1n) is 23.8. The second kappa shape index (κ2) is 21.7. The minimum Gasteiger partial charge on any atom is -0.436 e. The van der Waals surface area contributed by atoms with E-state index in [9.17, 15) is 70.9 Å². The number of hydrogen-bond donors (Lipinski definition) is 3. The fraction of sp³-hybridized carbons (Fsp3) is 0.478. The summed E-state index contributed by atoms with van der Waals surface area (Å²) >= 11 is 6.72. The van der Waals surface area contributed by atoms with Gasteiger partial charge in [-0.1, -0.05) is 23.7 Å². The number of sulfone groups is 1. The molecule has 1 aliphatic heterocycles. The summed E-state index contributed by atoms with van der Waals surface area (Å²) in [7, 11) is -14.1. The molecule has 3 amide bonds. The molecule has 3 N–H and O–H groups in total. The number of carbonyl (C=O) groups excluding carboxylic acids is 3. The van der Waals surface area contributed by atoms with Gasteiger partial charge in [0.25, 0.3) is 5.92 Å². The number of fused-ring (bicyclic) bond motifs is 4. The molecule has 81 heavy (non-hydrogen) atoms. The van der Waals surface area contributed by atoms with Gasteiger partial charge in [-0.3, -0.25) is 19.1 Å². The van der Waals surface area contributed by atoms with E-state index in [0.717, 1.165) is 30.5 Å². The molecule has 1 saturated heterocycles. The van der Waals surface area contributed by atoms with Crippen LogP contribution in [0.3, 0.4) is 0 Å². The van der Waals surface area contributed by atoms with Gasteiger partial charge in [0, 0.05) is 47.2 Å². The molecule has 3 aliphatic rings. The lowest BCUT2D eigenvalue weighted by atomic mass is 9.93. The van der Waals surface area contributed by atoms with Crippen LogP contribution in [-0.4, -0.2) is 130 Å². The van der Waals surface area contributed by atoms with Gasteiger partial charge in [-0.25, -0.2) is 44.3 Å². The number of pyridine rings is 1. The lowest BCUT2D eigenvalue weighted by molar-refractivity contribution is -0.161. The Bertz CT molecular complexity index is 3620. The van der Waals surface area contributed by atoms with Crippen molar-refractivity contribution in [3.63, 3.8) is 0 Å². The highest BCUT2D eigenvalue weighted by atomic mass is 35.5. The van der Waals surface area contributed by atoms with Crippen molar-refractivity contribution in [3.05, 3.63) is 93.0 Å². The van der Waals surface area contributed by atoms with E-state index in [2.05, 4.69) is 25.0 Å². The van der Waals surface area contributed by atoms with Crippen LogP contribution in [-0.2, 0) is 86.0 Å². The number of halogens is 11. The number of alkyl halides is 8. The van der Waals surface area contributed by atoms with E-state index in [0.29, 0.717) is 17.2 Å². The number of morpholine rings is 1. The number of sulfonamides is 1. The van der Waals surface area contributed by atoms with Gasteiger partial charge in [-0.15, -0.1) is 0 Å². The Balaban J connectivity index is 1.32. The third-order valence-corrected chi connectivity index (χ3v) is 17.7. The summed E-state index contributed by atoms with van der Waals surface area (Å²) < 4.78 is 226. The monoisotopic (exact) mass is 1240 g/mol. The van der Waals surface area contributed by atoms with Gasteiger partial charge in [0.1, 0.15) is 30.4 Å². The number of hydrogen-bond acceptors (Lipinski definition) is 14. The molecule has 0 bridgehead atoms. The van der Waals surface area contributed by atoms with Crippen molar-refractivity contribution >= 4 is 73.9 Å². The van der Waals surface area contributed by atoms with Crippen molar-refractivity contribution in [1.82, 2.24) is 34.8 Å². The van der Waals surface area contributed by atoms with E-state index >= 15 is 8.78 Å². The number of aromatic nitrogens is 5. The Morgan fingerprint density at radius 3 is 2.23 bits per heavy atom. The van der Waals surface area contributed by atoms with E-state index in [1.807, 2.05) is 0 Å². The number of nitrogens with one attached hydrogen (secondary N) is 1. The standard InChI is InChI=1S/C46H46ClF10N8O13PS2/c1-43(2,80(3,72)73)10-9-25-5-6-26(36(58-25)31(15-22-13-23(48)16-24(49)14-22)59-33(66)18-63-39-34(38(60-63)46(55,56)57)28-17-29(28)45(39,53)54)27-7-8-30(47)35-37(27)64(20-44(50,51)52)61-40(35)65(81(4,74)75)42(68)62-11-12-76-19-32(62)41(67)77-21-78-79(69,70)71/h5-8,13-14,16,28-29,31-32H,9-12,15,17-21H2,1-4H3,(H,59,66)(H2,69,70,71)/t28-,29?,31-,32-/m0/s1. The number of rotatable bonds is 18. The summed E-state index contributed by atoms with van der Waals surface area (Å²) in [6.07, 6.45) is -10.5. The molecule has 2 aromatic carbocycles. The first kappa shape index (κ1) is 61.1. The highest BCUT2D eigenvalue weighted by molar-refractivity contribution is 7.93. The Morgan fingerprint density at radius 1 is 0.975 bits per heavy atom. The Morgan fingerprint density at radius 2 is 1.63 bits per heavy atom. The van der Waals surface area contributed by atoms with Crippen LogP contribution in [0.4, 0.5) is 54.5 Å². The van der Waals surface area contributed by atoms with Gasteiger partial charge in [0.15, 0.2) is 27.4 Å². The molecule has 5 aromatic rings. The third-order valence-electron chi connectivity index (χ3n) is 13.7. The van der Waals surface area contributed by atoms with Crippen LogP contribution >= 0.6 is 19.4 Å². The Labute approximate surface area is 457 Å². The van der Waals surface area contributed by atoms with Crippen molar-refractivity contribution in [1.29, 1.82) is 0 Å². The highest BCUT2D eigenvalue weighted by Crippen LogP contribution is 2.68. The van der Waals surface area contributed by atoms with Crippen LogP contribution in [0.1, 0.15) is 72.6 Å². The molecule has 2 fully saturated rings. The van der Waals surface area contributed by atoms with E-state index in [1.165, 1.54) is 26.0 Å². The molecule has 4 heterocycles. The first-order chi connectivity index (χ1) is 37.3. The highest BCUT2D eigenvalue weighted by Gasteiger charge is 2.68. The summed E-state index contributed by atoms with van der Waals surface area (Å²) in [6.45, 7) is -3.77. The molecular formula is C46H46ClF10N8O13PS2.